The third-order valence-corrected chi connectivity index (χ3v) is 16.8. The Morgan fingerprint density at radius 2 is 1.10 bits per heavy atom. The third-order valence-electron chi connectivity index (χ3n) is 16.8. The highest BCUT2D eigenvalue weighted by molar-refractivity contribution is 6.06. The zero-order chi connectivity index (χ0) is 51.3. The monoisotopic (exact) mass is 998 g/mol. The highest BCUT2D eigenvalue weighted by Gasteiger charge is 2.54. The highest BCUT2D eigenvalue weighted by atomic mass is 15.2. The molecule has 3 heterocycles. The fraction of sp³-hybridized carbons (Fsp3) is 0.0694. The zero-order valence-electron chi connectivity index (χ0n) is 42.7. The molecule has 0 bridgehead atoms. The fourth-order valence-electron chi connectivity index (χ4n) is 13.7. The average molecular weight is 999 g/mol. The number of benzene rings is 9. The van der Waals surface area contributed by atoms with Crippen LogP contribution < -0.4 is 9.80 Å². The average Bonchev–Trinajstić information content (AvgIpc) is 3.60. The minimum Gasteiger partial charge on any atom is -0.334 e. The van der Waals surface area contributed by atoms with Crippen LogP contribution in [0, 0.1) is 0 Å². The van der Waals surface area contributed by atoms with Crippen molar-refractivity contribution in [2.75, 3.05) is 9.80 Å². The molecule has 11 aromatic rings. The molecule has 0 N–H and O–H groups in total. The highest BCUT2D eigenvalue weighted by Crippen LogP contribution is 2.65. The Kier molecular flexibility index (Phi) is 10.0. The van der Waals surface area contributed by atoms with E-state index in [2.05, 4.69) is 275 Å². The van der Waals surface area contributed by atoms with E-state index in [1.54, 1.807) is 0 Å². The van der Waals surface area contributed by atoms with Crippen molar-refractivity contribution in [2.45, 2.75) is 30.2 Å². The number of hydrogen-bond donors (Lipinski definition) is 0. The van der Waals surface area contributed by atoms with Gasteiger partial charge in [0.25, 0.3) is 0 Å². The maximum atomic E-state index is 5.45. The van der Waals surface area contributed by atoms with E-state index in [0.29, 0.717) is 17.5 Å². The summed E-state index contributed by atoms with van der Waals surface area (Å²) in [7, 11) is 0. The van der Waals surface area contributed by atoms with Gasteiger partial charge in [0.05, 0.1) is 22.7 Å². The first-order valence-corrected chi connectivity index (χ1v) is 27.1. The molecule has 368 valence electrons. The summed E-state index contributed by atoms with van der Waals surface area (Å²) in [4.78, 5) is 21.0. The van der Waals surface area contributed by atoms with Crippen molar-refractivity contribution in [3.05, 3.63) is 306 Å². The molecule has 0 radical (unpaired) electrons. The molecule has 6 heteroatoms. The largest absolute Gasteiger partial charge is 0.334 e. The number of fused-ring (bicyclic) bond motifs is 15. The SMILES string of the molecule is C1=CCC(N(c2ccccc2)c2ccc3c(c2)c2c(n3-c3cccc(-c4nc(C5=CC=C6C(C5)c5ccccc5N6c5ccccc5)nc(-c5ccccc5)n4)c3)-c3ccccc3C23c2ccccc2-c2ccccc23)C=C1. The molecule has 0 amide bonds. The molecule has 1 spiro atoms. The molecule has 0 saturated carbocycles. The Morgan fingerprint density at radius 1 is 0.487 bits per heavy atom. The van der Waals surface area contributed by atoms with Gasteiger partial charge >= 0.3 is 0 Å². The van der Waals surface area contributed by atoms with Crippen LogP contribution in [0.3, 0.4) is 0 Å². The molecular formula is C72H50N6. The van der Waals surface area contributed by atoms with Gasteiger partial charge in [-0.1, -0.05) is 200 Å². The second-order valence-corrected chi connectivity index (χ2v) is 21.0. The maximum Gasteiger partial charge on any atom is 0.164 e. The second kappa shape index (κ2) is 17.6. The van der Waals surface area contributed by atoms with Crippen molar-refractivity contribution in [1.29, 1.82) is 0 Å². The fourth-order valence-corrected chi connectivity index (χ4v) is 13.7. The lowest BCUT2D eigenvalue weighted by Crippen LogP contribution is -2.29. The summed E-state index contributed by atoms with van der Waals surface area (Å²) in [6.45, 7) is 0. The Balaban J connectivity index is 0.907. The Bertz CT molecular complexity index is 4310. The van der Waals surface area contributed by atoms with Crippen LogP contribution in [-0.4, -0.2) is 25.6 Å². The van der Waals surface area contributed by atoms with Gasteiger partial charge in [-0.05, 0) is 119 Å². The van der Waals surface area contributed by atoms with Crippen LogP contribution in [0.25, 0.3) is 67.3 Å². The van der Waals surface area contributed by atoms with E-state index in [1.165, 1.54) is 67.0 Å². The standard InChI is InChI=1S/C72H50N6/c1-5-22-47(23-6-1)69-73-70(75-71(74-69)49-40-42-65-59(45-49)57-34-16-20-39-64(57)77(65)52-29-11-4-12-30-52)48-24-21-31-53(44-48)78-66-43-41-54(76(50-25-7-2-8-26-50)51-27-9-3-10-28-51)46-60(66)67-68(78)58-35-15-19-38-63(58)72(67)61-36-17-13-32-55(61)56-33-14-18-37-62(56)72/h1-27,29-44,46,51,59H,28,45H2. The lowest BCUT2D eigenvalue weighted by Gasteiger charge is -2.33. The first kappa shape index (κ1) is 44.4. The summed E-state index contributed by atoms with van der Waals surface area (Å²) in [6.07, 6.45) is 15.1. The van der Waals surface area contributed by atoms with Gasteiger partial charge in [-0.15, -0.1) is 0 Å². The van der Waals surface area contributed by atoms with Crippen molar-refractivity contribution < 1.29 is 0 Å². The van der Waals surface area contributed by atoms with Gasteiger partial charge in [0.1, 0.15) is 0 Å². The molecule has 6 nitrogen and oxygen atoms in total. The summed E-state index contributed by atoms with van der Waals surface area (Å²) >= 11 is 0. The molecule has 2 unspecified atom stereocenters. The van der Waals surface area contributed by atoms with E-state index in [9.17, 15) is 0 Å². The Morgan fingerprint density at radius 3 is 1.85 bits per heavy atom. The number of allylic oxidation sites excluding steroid dienone is 6. The lowest BCUT2D eigenvalue weighted by molar-refractivity contribution is 0.785. The van der Waals surface area contributed by atoms with Gasteiger partial charge in [-0.25, -0.2) is 15.0 Å². The molecule has 0 fully saturated rings. The molecule has 16 rings (SSSR count). The van der Waals surface area contributed by atoms with Crippen molar-refractivity contribution >= 4 is 39.2 Å². The summed E-state index contributed by atoms with van der Waals surface area (Å²) in [5, 5.41) is 1.22. The molecule has 1 aliphatic heterocycles. The van der Waals surface area contributed by atoms with Crippen LogP contribution in [0.5, 0.6) is 0 Å². The number of rotatable bonds is 8. The molecule has 0 saturated heterocycles. The van der Waals surface area contributed by atoms with E-state index in [-0.39, 0.29) is 12.0 Å². The van der Waals surface area contributed by atoms with Crippen molar-refractivity contribution in [1.82, 2.24) is 19.5 Å². The van der Waals surface area contributed by atoms with Crippen molar-refractivity contribution in [2.24, 2.45) is 0 Å². The van der Waals surface area contributed by atoms with Gasteiger partial charge in [0.2, 0.25) is 0 Å². The number of anilines is 4. The first-order chi connectivity index (χ1) is 38.7. The van der Waals surface area contributed by atoms with E-state index < -0.39 is 5.41 Å². The minimum atomic E-state index is -0.572. The van der Waals surface area contributed by atoms with E-state index in [1.807, 2.05) is 6.07 Å². The van der Waals surface area contributed by atoms with Crippen LogP contribution in [0.15, 0.2) is 273 Å². The van der Waals surface area contributed by atoms with Gasteiger partial charge in [-0.2, -0.15) is 0 Å². The summed E-state index contributed by atoms with van der Waals surface area (Å²) in [6, 6.07) is 84.2. The predicted molar refractivity (Wildman–Crippen MR) is 318 cm³/mol. The molecule has 78 heavy (non-hydrogen) atoms. The number of nitrogens with zero attached hydrogens (tertiary/aromatic N) is 6. The van der Waals surface area contributed by atoms with Gasteiger partial charge in [0.15, 0.2) is 17.5 Å². The van der Waals surface area contributed by atoms with Crippen LogP contribution in [0.4, 0.5) is 22.7 Å². The van der Waals surface area contributed by atoms with E-state index >= 15 is 0 Å². The molecule has 9 aromatic carbocycles. The van der Waals surface area contributed by atoms with Crippen molar-refractivity contribution in [3.63, 3.8) is 0 Å². The van der Waals surface area contributed by atoms with Gasteiger partial charge in [-0.3, -0.25) is 0 Å². The number of hydrogen-bond acceptors (Lipinski definition) is 5. The Hall–Kier alpha value is -9.91. The molecule has 2 atom stereocenters. The zero-order valence-corrected chi connectivity index (χ0v) is 42.7. The van der Waals surface area contributed by atoms with Crippen molar-refractivity contribution in [3.8, 4) is 50.8 Å². The predicted octanol–water partition coefficient (Wildman–Crippen LogP) is 17.1. The molecule has 4 aliphatic carbocycles. The number of para-hydroxylation sites is 3. The molecule has 5 aliphatic rings. The quantitative estimate of drug-likeness (QED) is 0.152. The molecular weight excluding hydrogens is 949 g/mol. The maximum absolute atomic E-state index is 5.45. The Labute approximate surface area is 453 Å². The van der Waals surface area contributed by atoms with Crippen LogP contribution in [0.2, 0.25) is 0 Å². The van der Waals surface area contributed by atoms with E-state index in [4.69, 9.17) is 15.0 Å². The van der Waals surface area contributed by atoms with Gasteiger partial charge in [0, 0.05) is 67.7 Å². The smallest absolute Gasteiger partial charge is 0.164 e. The lowest BCUT2D eigenvalue weighted by atomic mass is 9.70. The topological polar surface area (TPSA) is 50.1 Å². The molecule has 2 aromatic heterocycles. The minimum absolute atomic E-state index is 0.146. The third kappa shape index (κ3) is 6.59. The normalized spacial score (nSPS) is 16.7. The van der Waals surface area contributed by atoms with Gasteiger partial charge < -0.3 is 14.4 Å². The summed E-state index contributed by atoms with van der Waals surface area (Å²) in [5.74, 6) is 2.12. The van der Waals surface area contributed by atoms with Crippen LogP contribution in [-0.2, 0) is 5.41 Å². The van der Waals surface area contributed by atoms with Crippen LogP contribution >= 0.6 is 0 Å². The first-order valence-electron chi connectivity index (χ1n) is 27.1. The summed E-state index contributed by atoms with van der Waals surface area (Å²) in [5.41, 5.74) is 22.0. The number of aromatic nitrogens is 4. The van der Waals surface area contributed by atoms with E-state index in [0.717, 1.165) is 57.8 Å². The summed E-state index contributed by atoms with van der Waals surface area (Å²) < 4.78 is 2.53. The second-order valence-electron chi connectivity index (χ2n) is 21.0. The van der Waals surface area contributed by atoms with Crippen LogP contribution in [0.1, 0.15) is 52.4 Å².